The minimum Gasteiger partial charge on any atom is -0.487 e. The summed E-state index contributed by atoms with van der Waals surface area (Å²) in [6.45, 7) is 1.03. The molecule has 3 aromatic rings. The quantitative estimate of drug-likeness (QED) is 0.571. The van der Waals surface area contributed by atoms with E-state index in [9.17, 15) is 4.79 Å². The molecule has 3 rings (SSSR count). The van der Waals surface area contributed by atoms with Gasteiger partial charge in [0.1, 0.15) is 12.4 Å². The molecule has 0 bridgehead atoms. The van der Waals surface area contributed by atoms with Gasteiger partial charge in [-0.3, -0.25) is 4.79 Å². The highest BCUT2D eigenvalue weighted by Crippen LogP contribution is 2.23. The van der Waals surface area contributed by atoms with Crippen molar-refractivity contribution in [2.24, 2.45) is 0 Å². The predicted octanol–water partition coefficient (Wildman–Crippen LogP) is 4.82. The second-order valence-corrected chi connectivity index (χ2v) is 8.43. The molecule has 0 radical (unpaired) electrons. The molecule has 1 amide bonds. The van der Waals surface area contributed by atoms with Crippen molar-refractivity contribution in [3.05, 3.63) is 67.2 Å². The molecule has 2 heterocycles. The van der Waals surface area contributed by atoms with Crippen LogP contribution in [0.5, 0.6) is 5.75 Å². The molecule has 24 heavy (non-hydrogen) atoms. The lowest BCUT2D eigenvalue weighted by Gasteiger charge is -2.16. The van der Waals surface area contributed by atoms with Crippen molar-refractivity contribution in [2.75, 3.05) is 7.05 Å². The number of hydrogen-bond donors (Lipinski definition) is 0. The maximum atomic E-state index is 12.5. The summed E-state index contributed by atoms with van der Waals surface area (Å²) in [7, 11) is 1.81. The zero-order valence-corrected chi connectivity index (χ0v) is 16.2. The van der Waals surface area contributed by atoms with Gasteiger partial charge in [0, 0.05) is 22.9 Å². The van der Waals surface area contributed by atoms with Gasteiger partial charge < -0.3 is 9.64 Å². The normalized spacial score (nSPS) is 10.6. The van der Waals surface area contributed by atoms with Crippen molar-refractivity contribution in [3.8, 4) is 5.75 Å². The first-order chi connectivity index (χ1) is 11.6. The van der Waals surface area contributed by atoms with Crippen molar-refractivity contribution in [2.45, 2.75) is 13.2 Å². The Balaban J connectivity index is 1.58. The molecule has 0 aliphatic heterocycles. The molecule has 0 aliphatic rings. The summed E-state index contributed by atoms with van der Waals surface area (Å²) < 4.78 is 6.73. The average Bonchev–Trinajstić information content (AvgIpc) is 3.24. The number of aromatic nitrogens is 1. The lowest BCUT2D eigenvalue weighted by molar-refractivity contribution is 0.0786. The van der Waals surface area contributed by atoms with Crippen LogP contribution in [0.3, 0.4) is 0 Å². The number of carbonyl (C=O) groups is 1. The molecule has 0 saturated heterocycles. The standard InChI is InChI=1S/C17H15BrN2O2S2/c1-20(8-15-6-7-16(18)24-15)17(21)12-2-4-14(5-3-12)22-9-13-10-23-11-19-13/h2-7,10-11H,8-9H2,1H3. The van der Waals surface area contributed by atoms with E-state index in [2.05, 4.69) is 20.9 Å². The first-order valence-electron chi connectivity index (χ1n) is 7.21. The van der Waals surface area contributed by atoms with E-state index in [1.54, 1.807) is 45.2 Å². The third-order valence-corrected chi connectivity index (χ3v) is 5.58. The Morgan fingerprint density at radius 2 is 2.04 bits per heavy atom. The van der Waals surface area contributed by atoms with Crippen molar-refractivity contribution in [1.29, 1.82) is 0 Å². The minimum atomic E-state index is -0.00873. The number of thiophene rings is 1. The fourth-order valence-electron chi connectivity index (χ4n) is 2.12. The van der Waals surface area contributed by atoms with Crippen LogP contribution < -0.4 is 4.74 Å². The van der Waals surface area contributed by atoms with Crippen LogP contribution >= 0.6 is 38.6 Å². The maximum Gasteiger partial charge on any atom is 0.253 e. The van der Waals surface area contributed by atoms with Crippen LogP contribution in [0.4, 0.5) is 0 Å². The van der Waals surface area contributed by atoms with Gasteiger partial charge in [-0.2, -0.15) is 0 Å². The van der Waals surface area contributed by atoms with E-state index in [1.165, 1.54) is 0 Å². The van der Waals surface area contributed by atoms with E-state index in [0.717, 1.165) is 20.1 Å². The van der Waals surface area contributed by atoms with Crippen LogP contribution in [0.1, 0.15) is 20.9 Å². The number of ether oxygens (including phenoxy) is 1. The Bertz CT molecular complexity index is 800. The number of halogens is 1. The SMILES string of the molecule is CN(Cc1ccc(Br)s1)C(=O)c1ccc(OCc2cscn2)cc1. The van der Waals surface area contributed by atoms with E-state index in [-0.39, 0.29) is 5.91 Å². The van der Waals surface area contributed by atoms with E-state index >= 15 is 0 Å². The molecule has 4 nitrogen and oxygen atoms in total. The zero-order valence-electron chi connectivity index (χ0n) is 12.9. The second-order valence-electron chi connectivity index (χ2n) is 5.16. The van der Waals surface area contributed by atoms with E-state index in [4.69, 9.17) is 4.74 Å². The molecule has 0 aliphatic carbocycles. The largest absolute Gasteiger partial charge is 0.487 e. The summed E-state index contributed by atoms with van der Waals surface area (Å²) in [6.07, 6.45) is 0. The van der Waals surface area contributed by atoms with Crippen LogP contribution in [-0.4, -0.2) is 22.8 Å². The zero-order chi connectivity index (χ0) is 16.9. The van der Waals surface area contributed by atoms with Crippen molar-refractivity contribution < 1.29 is 9.53 Å². The van der Waals surface area contributed by atoms with Crippen molar-refractivity contribution in [1.82, 2.24) is 9.88 Å². The summed E-state index contributed by atoms with van der Waals surface area (Å²) in [5.74, 6) is 0.718. The number of thiazole rings is 1. The molecule has 2 aromatic heterocycles. The fraction of sp³-hybridized carbons (Fsp3) is 0.176. The van der Waals surface area contributed by atoms with Gasteiger partial charge in [-0.25, -0.2) is 4.98 Å². The molecule has 1 aromatic carbocycles. The highest BCUT2D eigenvalue weighted by molar-refractivity contribution is 9.11. The smallest absolute Gasteiger partial charge is 0.253 e. The van der Waals surface area contributed by atoms with Crippen LogP contribution in [0.15, 0.2) is 51.1 Å². The van der Waals surface area contributed by atoms with Gasteiger partial charge in [0.15, 0.2) is 0 Å². The Morgan fingerprint density at radius 3 is 2.67 bits per heavy atom. The van der Waals surface area contributed by atoms with Crippen molar-refractivity contribution in [3.63, 3.8) is 0 Å². The summed E-state index contributed by atoms with van der Waals surface area (Å²) in [5.41, 5.74) is 3.33. The summed E-state index contributed by atoms with van der Waals surface area (Å²) in [4.78, 5) is 19.5. The third kappa shape index (κ3) is 4.43. The summed E-state index contributed by atoms with van der Waals surface area (Å²) >= 11 is 6.62. The Labute approximate surface area is 156 Å². The number of nitrogens with zero attached hydrogens (tertiary/aromatic N) is 2. The van der Waals surface area contributed by atoms with Crippen LogP contribution in [0.2, 0.25) is 0 Å². The van der Waals surface area contributed by atoms with Gasteiger partial charge in [-0.05, 0) is 52.3 Å². The molecular weight excluding hydrogens is 408 g/mol. The van der Waals surface area contributed by atoms with Gasteiger partial charge in [-0.1, -0.05) is 0 Å². The molecule has 124 valence electrons. The summed E-state index contributed by atoms with van der Waals surface area (Å²) in [5, 5.41) is 1.95. The maximum absolute atomic E-state index is 12.5. The van der Waals surface area contributed by atoms with Gasteiger partial charge in [-0.15, -0.1) is 22.7 Å². The molecule has 0 N–H and O–H groups in total. The lowest BCUT2D eigenvalue weighted by atomic mass is 10.2. The van der Waals surface area contributed by atoms with Gasteiger partial charge in [0.2, 0.25) is 0 Å². The van der Waals surface area contributed by atoms with Crippen LogP contribution in [-0.2, 0) is 13.2 Å². The van der Waals surface area contributed by atoms with Crippen LogP contribution in [0.25, 0.3) is 0 Å². The number of rotatable bonds is 6. The average molecular weight is 423 g/mol. The minimum absolute atomic E-state index is 0.00873. The second kappa shape index (κ2) is 7.92. The predicted molar refractivity (Wildman–Crippen MR) is 101 cm³/mol. The molecule has 0 spiro atoms. The Kier molecular flexibility index (Phi) is 5.65. The monoisotopic (exact) mass is 422 g/mol. The first kappa shape index (κ1) is 17.1. The molecule has 0 unspecified atom stereocenters. The third-order valence-electron chi connectivity index (χ3n) is 3.34. The number of hydrogen-bond acceptors (Lipinski definition) is 5. The molecule has 0 fully saturated rings. The highest BCUT2D eigenvalue weighted by atomic mass is 79.9. The number of amides is 1. The molecular formula is C17H15BrN2O2S2. The van der Waals surface area contributed by atoms with Gasteiger partial charge in [0.05, 0.1) is 21.5 Å². The van der Waals surface area contributed by atoms with Gasteiger partial charge >= 0.3 is 0 Å². The molecule has 0 atom stereocenters. The Hall–Kier alpha value is -1.70. The highest BCUT2D eigenvalue weighted by Gasteiger charge is 2.13. The lowest BCUT2D eigenvalue weighted by Crippen LogP contribution is -2.25. The first-order valence-corrected chi connectivity index (χ1v) is 9.76. The topological polar surface area (TPSA) is 42.4 Å². The van der Waals surface area contributed by atoms with E-state index in [0.29, 0.717) is 18.7 Å². The number of carbonyl (C=O) groups excluding carboxylic acids is 1. The van der Waals surface area contributed by atoms with E-state index in [1.807, 2.05) is 36.7 Å². The fourth-order valence-corrected chi connectivity index (χ4v) is 4.20. The molecule has 7 heteroatoms. The Morgan fingerprint density at radius 1 is 1.25 bits per heavy atom. The van der Waals surface area contributed by atoms with Gasteiger partial charge in [0.25, 0.3) is 5.91 Å². The van der Waals surface area contributed by atoms with Crippen LogP contribution in [0, 0.1) is 0 Å². The van der Waals surface area contributed by atoms with E-state index < -0.39 is 0 Å². The molecule has 0 saturated carbocycles. The number of benzene rings is 1. The van der Waals surface area contributed by atoms with Crippen molar-refractivity contribution >= 4 is 44.5 Å². The summed E-state index contributed by atoms with van der Waals surface area (Å²) in [6, 6.07) is 11.2.